The van der Waals surface area contributed by atoms with Gasteiger partial charge in [0.05, 0.1) is 18.5 Å². The summed E-state index contributed by atoms with van der Waals surface area (Å²) in [5.41, 5.74) is 5.68. The number of pyridine rings is 1. The van der Waals surface area contributed by atoms with Crippen molar-refractivity contribution in [3.05, 3.63) is 65.4 Å². The van der Waals surface area contributed by atoms with Gasteiger partial charge in [0.15, 0.2) is 0 Å². The molecule has 0 atom stereocenters. The van der Waals surface area contributed by atoms with E-state index in [0.29, 0.717) is 0 Å². The maximum absolute atomic E-state index is 5.64. The molecule has 2 aromatic rings. The van der Waals surface area contributed by atoms with Gasteiger partial charge in [0.25, 0.3) is 0 Å². The van der Waals surface area contributed by atoms with E-state index in [9.17, 15) is 0 Å². The molecule has 0 radical (unpaired) electrons. The average molecular weight is 352 g/mol. The molecule has 1 heterocycles. The Hall–Kier alpha value is -2.35. The van der Waals surface area contributed by atoms with Crippen LogP contribution >= 0.6 is 0 Å². The van der Waals surface area contributed by atoms with E-state index in [1.165, 1.54) is 11.1 Å². The van der Waals surface area contributed by atoms with Crippen molar-refractivity contribution in [2.24, 2.45) is 0 Å². The van der Waals surface area contributed by atoms with Gasteiger partial charge in [0.1, 0.15) is 5.76 Å². The smallest absolute Gasteiger partial charge is 0.122 e. The minimum absolute atomic E-state index is 0.952. The first-order valence-corrected chi connectivity index (χ1v) is 9.84. The zero-order valence-electron chi connectivity index (χ0n) is 17.2. The van der Waals surface area contributed by atoms with E-state index in [2.05, 4.69) is 43.4 Å². The maximum Gasteiger partial charge on any atom is 0.122 e. The van der Waals surface area contributed by atoms with Gasteiger partial charge >= 0.3 is 0 Å². The highest BCUT2D eigenvalue weighted by Gasteiger charge is 2.17. The van der Waals surface area contributed by atoms with Crippen LogP contribution in [-0.4, -0.2) is 12.1 Å². The van der Waals surface area contributed by atoms with E-state index >= 15 is 0 Å². The van der Waals surface area contributed by atoms with Gasteiger partial charge in [-0.2, -0.15) is 0 Å². The Morgan fingerprint density at radius 1 is 1.12 bits per heavy atom. The molecule has 0 aliphatic heterocycles. The zero-order chi connectivity index (χ0) is 19.4. The van der Waals surface area contributed by atoms with E-state index in [1.54, 1.807) is 7.11 Å². The molecule has 0 amide bonds. The predicted octanol–water partition coefficient (Wildman–Crippen LogP) is 7.16. The zero-order valence-corrected chi connectivity index (χ0v) is 17.2. The van der Waals surface area contributed by atoms with E-state index in [1.807, 2.05) is 45.9 Å². The van der Waals surface area contributed by atoms with Gasteiger partial charge in [-0.15, -0.1) is 0 Å². The van der Waals surface area contributed by atoms with Gasteiger partial charge in [-0.1, -0.05) is 71.0 Å². The lowest BCUT2D eigenvalue weighted by molar-refractivity contribution is 0.368. The molecule has 0 saturated heterocycles. The summed E-state index contributed by atoms with van der Waals surface area (Å²) >= 11 is 0. The second-order valence-electron chi connectivity index (χ2n) is 5.41. The summed E-state index contributed by atoms with van der Waals surface area (Å²) in [4.78, 5) is 4.85. The van der Waals surface area contributed by atoms with Crippen molar-refractivity contribution in [3.8, 4) is 11.3 Å². The number of methoxy groups -OCH3 is 1. The lowest BCUT2D eigenvalue weighted by Gasteiger charge is -2.18. The van der Waals surface area contributed by atoms with Crippen LogP contribution in [0.3, 0.4) is 0 Å². The molecule has 3 rings (SSSR count). The fraction of sp³-hybridized carbons (Fsp3) is 0.375. The van der Waals surface area contributed by atoms with Crippen LogP contribution in [0.15, 0.2) is 48.6 Å². The second kappa shape index (κ2) is 12.1. The molecule has 0 bridgehead atoms. The Kier molecular flexibility index (Phi) is 10.1. The van der Waals surface area contributed by atoms with Crippen LogP contribution in [0.25, 0.3) is 23.1 Å². The predicted molar refractivity (Wildman–Crippen MR) is 115 cm³/mol. The molecule has 0 saturated carbocycles. The number of rotatable bonds is 4. The second-order valence-corrected chi connectivity index (χ2v) is 5.41. The summed E-state index contributed by atoms with van der Waals surface area (Å²) in [6, 6.07) is 12.5. The molecule has 2 nitrogen and oxygen atoms in total. The third kappa shape index (κ3) is 5.32. The molecule has 0 spiro atoms. The fourth-order valence-corrected chi connectivity index (χ4v) is 2.88. The highest BCUT2D eigenvalue weighted by atomic mass is 16.5. The van der Waals surface area contributed by atoms with Gasteiger partial charge in [-0.05, 0) is 43.0 Å². The van der Waals surface area contributed by atoms with Crippen molar-refractivity contribution in [2.75, 3.05) is 7.11 Å². The number of aromatic nitrogens is 1. The maximum atomic E-state index is 5.64. The number of hydrogen-bond acceptors (Lipinski definition) is 2. The quantitative estimate of drug-likeness (QED) is 0.545. The van der Waals surface area contributed by atoms with Crippen LogP contribution in [-0.2, 0) is 11.2 Å². The van der Waals surface area contributed by atoms with Crippen LogP contribution in [0.4, 0.5) is 0 Å². The first kappa shape index (κ1) is 21.7. The summed E-state index contributed by atoms with van der Waals surface area (Å²) in [5, 5.41) is 0. The van der Waals surface area contributed by atoms with Crippen LogP contribution < -0.4 is 0 Å². The van der Waals surface area contributed by atoms with Gasteiger partial charge in [0, 0.05) is 11.1 Å². The topological polar surface area (TPSA) is 22.1 Å². The van der Waals surface area contributed by atoms with Crippen molar-refractivity contribution in [2.45, 2.75) is 53.9 Å². The minimum Gasteiger partial charge on any atom is -0.496 e. The number of nitrogens with zero attached hydrogens (tertiary/aromatic N) is 1. The third-order valence-electron chi connectivity index (χ3n) is 3.94. The summed E-state index contributed by atoms with van der Waals surface area (Å²) in [7, 11) is 1.75. The Balaban J connectivity index is 0.000000791. The molecule has 1 aromatic carbocycles. The molecular weight excluding hydrogens is 318 g/mol. The van der Waals surface area contributed by atoms with Crippen molar-refractivity contribution < 1.29 is 4.74 Å². The molecule has 2 heteroatoms. The lowest BCUT2D eigenvalue weighted by Crippen LogP contribution is -2.05. The van der Waals surface area contributed by atoms with Gasteiger partial charge in [-0.25, -0.2) is 4.98 Å². The van der Waals surface area contributed by atoms with Crippen molar-refractivity contribution in [1.82, 2.24) is 4.98 Å². The van der Waals surface area contributed by atoms with Crippen LogP contribution in [0.2, 0.25) is 0 Å². The number of benzene rings is 1. The summed E-state index contributed by atoms with van der Waals surface area (Å²) in [6.45, 7) is 10.1. The molecule has 0 N–H and O–H groups in total. The summed E-state index contributed by atoms with van der Waals surface area (Å²) < 4.78 is 5.64. The minimum atomic E-state index is 0.952. The summed E-state index contributed by atoms with van der Waals surface area (Å²) in [5.74, 6) is 0.952. The van der Waals surface area contributed by atoms with E-state index in [-0.39, 0.29) is 0 Å². The van der Waals surface area contributed by atoms with E-state index in [0.717, 1.165) is 42.0 Å². The van der Waals surface area contributed by atoms with Crippen molar-refractivity contribution >= 4 is 11.8 Å². The first-order valence-electron chi connectivity index (χ1n) is 9.84. The first-order chi connectivity index (χ1) is 12.8. The largest absolute Gasteiger partial charge is 0.496 e. The van der Waals surface area contributed by atoms with Gasteiger partial charge in [0.2, 0.25) is 0 Å². The molecule has 0 fully saturated rings. The van der Waals surface area contributed by atoms with E-state index in [4.69, 9.17) is 9.72 Å². The number of allylic oxidation sites excluding steroid dienone is 2. The Labute approximate surface area is 159 Å². The number of ether oxygens (including phenoxy) is 1. The standard InChI is InChI=1S/C20H21NO.2C2H6/c1-3-9-20(22-2)17-14-19(15-10-5-4-6-11-15)21-18-13-8-7-12-16(17)18;2*1-2/h4-6,8-11,13-14H,3,7,12H2,1-2H3;2*1-2H3/b20-9-;;. The fourth-order valence-electron chi connectivity index (χ4n) is 2.88. The van der Waals surface area contributed by atoms with Crippen molar-refractivity contribution in [3.63, 3.8) is 0 Å². The molecular formula is C24H33NO. The lowest BCUT2D eigenvalue weighted by atomic mass is 9.93. The average Bonchev–Trinajstić information content (AvgIpc) is 2.75. The third-order valence-corrected chi connectivity index (χ3v) is 3.94. The highest BCUT2D eigenvalue weighted by molar-refractivity contribution is 5.74. The van der Waals surface area contributed by atoms with Crippen LogP contribution in [0.1, 0.15) is 64.3 Å². The Morgan fingerprint density at radius 2 is 1.81 bits per heavy atom. The monoisotopic (exact) mass is 351 g/mol. The molecule has 140 valence electrons. The van der Waals surface area contributed by atoms with E-state index < -0.39 is 0 Å². The molecule has 1 aromatic heterocycles. The van der Waals surface area contributed by atoms with Crippen LogP contribution in [0, 0.1) is 0 Å². The van der Waals surface area contributed by atoms with Gasteiger partial charge < -0.3 is 4.74 Å². The van der Waals surface area contributed by atoms with Crippen molar-refractivity contribution in [1.29, 1.82) is 0 Å². The summed E-state index contributed by atoms with van der Waals surface area (Å²) in [6.07, 6.45) is 9.51. The Morgan fingerprint density at radius 3 is 2.42 bits per heavy atom. The van der Waals surface area contributed by atoms with Gasteiger partial charge in [-0.3, -0.25) is 0 Å². The SMILES string of the molecule is CC.CC.CC/C=C(\OC)c1cc(-c2ccccc2)nc2c1CCC=C2. The normalized spacial score (nSPS) is 12.2. The highest BCUT2D eigenvalue weighted by Crippen LogP contribution is 2.31. The number of hydrogen-bond donors (Lipinski definition) is 0. The molecule has 1 aliphatic carbocycles. The molecule has 1 aliphatic rings. The van der Waals surface area contributed by atoms with Crippen LogP contribution in [0.5, 0.6) is 0 Å². The molecule has 26 heavy (non-hydrogen) atoms. The number of fused-ring (bicyclic) bond motifs is 1. The Bertz CT molecular complexity index is 714. The molecule has 0 unspecified atom stereocenters.